The lowest BCUT2D eigenvalue weighted by atomic mass is 10.1. The van der Waals surface area contributed by atoms with Crippen LogP contribution in [0.5, 0.6) is 5.75 Å². The summed E-state index contributed by atoms with van der Waals surface area (Å²) in [5, 5.41) is 19.0. The van der Waals surface area contributed by atoms with E-state index in [1.165, 1.54) is 6.20 Å². The summed E-state index contributed by atoms with van der Waals surface area (Å²) >= 11 is 0. The highest BCUT2D eigenvalue weighted by molar-refractivity contribution is 5.91. The summed E-state index contributed by atoms with van der Waals surface area (Å²) < 4.78 is 0. The van der Waals surface area contributed by atoms with Crippen molar-refractivity contribution in [3.05, 3.63) is 41.7 Å². The Morgan fingerprint density at radius 1 is 1.39 bits per heavy atom. The third-order valence-corrected chi connectivity index (χ3v) is 2.91. The highest BCUT2D eigenvalue weighted by Crippen LogP contribution is 2.22. The smallest absolute Gasteiger partial charge is 0.276 e. The summed E-state index contributed by atoms with van der Waals surface area (Å²) in [7, 11) is 1.70. The van der Waals surface area contributed by atoms with Gasteiger partial charge in [0.15, 0.2) is 5.69 Å². The molecule has 2 N–H and O–H groups in total. The number of hydrogen-bond donors (Lipinski definition) is 2. The molecule has 0 bridgehead atoms. The molecule has 1 atom stereocenters. The topological polar surface area (TPSA) is 82.1 Å². The van der Waals surface area contributed by atoms with Gasteiger partial charge in [-0.15, -0.1) is 0 Å². The van der Waals surface area contributed by atoms with E-state index in [-0.39, 0.29) is 23.4 Å². The number of benzene rings is 1. The summed E-state index contributed by atoms with van der Waals surface area (Å²) in [4.78, 5) is 13.6. The molecule has 1 aromatic carbocycles. The molecule has 0 saturated carbocycles. The first-order valence-electron chi connectivity index (χ1n) is 5.51. The number of aromatic hydroxyl groups is 1. The second-order valence-corrected chi connectivity index (χ2v) is 4.04. The summed E-state index contributed by atoms with van der Waals surface area (Å²) in [6, 6.07) is 6.65. The third kappa shape index (κ3) is 2.32. The Hall–Kier alpha value is -2.37. The van der Waals surface area contributed by atoms with Crippen LogP contribution in [-0.4, -0.2) is 38.4 Å². The number of hydrogen-bond acceptors (Lipinski definition) is 4. The summed E-state index contributed by atoms with van der Waals surface area (Å²) in [5.74, 6) is 0.000700. The maximum absolute atomic E-state index is 12.0. The van der Waals surface area contributed by atoms with Crippen LogP contribution in [0.15, 0.2) is 30.5 Å². The first-order chi connectivity index (χ1) is 8.59. The van der Waals surface area contributed by atoms with Gasteiger partial charge in [0, 0.05) is 7.05 Å². The molecule has 18 heavy (non-hydrogen) atoms. The van der Waals surface area contributed by atoms with Crippen molar-refractivity contribution < 1.29 is 9.90 Å². The third-order valence-electron chi connectivity index (χ3n) is 2.91. The molecule has 0 radical (unpaired) electrons. The van der Waals surface area contributed by atoms with Crippen molar-refractivity contribution in [2.75, 3.05) is 7.05 Å². The van der Waals surface area contributed by atoms with Crippen LogP contribution < -0.4 is 0 Å². The average molecular weight is 246 g/mol. The second-order valence-electron chi connectivity index (χ2n) is 4.04. The number of amides is 1. The van der Waals surface area contributed by atoms with Crippen LogP contribution in [0.1, 0.15) is 29.0 Å². The number of phenols is 1. The minimum Gasteiger partial charge on any atom is -0.508 e. The molecule has 6 nitrogen and oxygen atoms in total. The molecular weight excluding hydrogens is 232 g/mol. The van der Waals surface area contributed by atoms with Gasteiger partial charge in [0.2, 0.25) is 0 Å². The van der Waals surface area contributed by atoms with Gasteiger partial charge in [0.05, 0.1) is 12.2 Å². The molecule has 0 spiro atoms. The van der Waals surface area contributed by atoms with Gasteiger partial charge in [0.25, 0.3) is 5.91 Å². The SMILES string of the molecule is CC(c1ccc(O)cc1)N(C)C(=O)c1cn[nH]n1. The molecule has 94 valence electrons. The number of nitrogens with zero attached hydrogens (tertiary/aromatic N) is 3. The van der Waals surface area contributed by atoms with E-state index in [0.717, 1.165) is 5.56 Å². The molecule has 6 heteroatoms. The molecule has 0 fully saturated rings. The number of rotatable bonds is 3. The van der Waals surface area contributed by atoms with E-state index >= 15 is 0 Å². The Morgan fingerprint density at radius 3 is 2.61 bits per heavy atom. The lowest BCUT2D eigenvalue weighted by Crippen LogP contribution is -2.29. The van der Waals surface area contributed by atoms with Crippen LogP contribution >= 0.6 is 0 Å². The zero-order valence-corrected chi connectivity index (χ0v) is 10.2. The molecule has 0 aliphatic heterocycles. The predicted octanol–water partition coefficient (Wildman–Crippen LogP) is 1.34. The molecule has 0 aliphatic rings. The van der Waals surface area contributed by atoms with Gasteiger partial charge in [-0.2, -0.15) is 15.4 Å². The van der Waals surface area contributed by atoms with Crippen LogP contribution in [-0.2, 0) is 0 Å². The number of phenolic OH excluding ortho intramolecular Hbond substituents is 1. The van der Waals surface area contributed by atoms with Crippen molar-refractivity contribution in [1.82, 2.24) is 20.3 Å². The fourth-order valence-electron chi connectivity index (χ4n) is 1.64. The van der Waals surface area contributed by atoms with E-state index in [4.69, 9.17) is 0 Å². The largest absolute Gasteiger partial charge is 0.508 e. The number of carbonyl (C=O) groups is 1. The summed E-state index contributed by atoms with van der Waals surface area (Å²) in [5.41, 5.74) is 1.22. The maximum atomic E-state index is 12.0. The lowest BCUT2D eigenvalue weighted by Gasteiger charge is -2.24. The van der Waals surface area contributed by atoms with Crippen LogP contribution in [0.4, 0.5) is 0 Å². The molecule has 1 aromatic heterocycles. The fraction of sp³-hybridized carbons (Fsp3) is 0.250. The minimum absolute atomic E-state index is 0.116. The Kier molecular flexibility index (Phi) is 3.27. The molecule has 1 amide bonds. The summed E-state index contributed by atoms with van der Waals surface area (Å²) in [6.07, 6.45) is 1.39. The van der Waals surface area contributed by atoms with Crippen LogP contribution in [0.25, 0.3) is 0 Å². The van der Waals surface area contributed by atoms with Crippen molar-refractivity contribution in [2.24, 2.45) is 0 Å². The van der Waals surface area contributed by atoms with Crippen molar-refractivity contribution in [3.63, 3.8) is 0 Å². The number of aromatic nitrogens is 3. The lowest BCUT2D eigenvalue weighted by molar-refractivity contribution is 0.0736. The number of nitrogens with one attached hydrogen (secondary N) is 1. The molecule has 1 unspecified atom stereocenters. The standard InChI is InChI=1S/C12H14N4O2/c1-8(9-3-5-10(17)6-4-9)16(2)12(18)11-7-13-15-14-11/h3-8,17H,1-2H3,(H,13,14,15). The van der Waals surface area contributed by atoms with Crippen LogP contribution in [0.2, 0.25) is 0 Å². The zero-order chi connectivity index (χ0) is 13.1. The normalized spacial score (nSPS) is 12.1. The van der Waals surface area contributed by atoms with Gasteiger partial charge in [-0.3, -0.25) is 4.79 Å². The van der Waals surface area contributed by atoms with Crippen molar-refractivity contribution in [3.8, 4) is 5.75 Å². The molecular formula is C12H14N4O2. The number of H-pyrrole nitrogens is 1. The van der Waals surface area contributed by atoms with E-state index in [1.54, 1.807) is 36.2 Å². The monoisotopic (exact) mass is 246 g/mol. The summed E-state index contributed by atoms with van der Waals surface area (Å²) in [6.45, 7) is 1.91. The van der Waals surface area contributed by atoms with Gasteiger partial charge in [-0.1, -0.05) is 12.1 Å². The van der Waals surface area contributed by atoms with Crippen LogP contribution in [0.3, 0.4) is 0 Å². The van der Waals surface area contributed by atoms with E-state index in [0.29, 0.717) is 0 Å². The highest BCUT2D eigenvalue weighted by Gasteiger charge is 2.20. The molecule has 0 saturated heterocycles. The Labute approximate surface area is 104 Å². The van der Waals surface area contributed by atoms with Gasteiger partial charge in [-0.05, 0) is 24.6 Å². The Morgan fingerprint density at radius 2 is 2.06 bits per heavy atom. The average Bonchev–Trinajstić information content (AvgIpc) is 2.91. The van der Waals surface area contributed by atoms with Gasteiger partial charge in [-0.25, -0.2) is 0 Å². The molecule has 1 heterocycles. The molecule has 2 rings (SSSR count). The van der Waals surface area contributed by atoms with E-state index < -0.39 is 0 Å². The van der Waals surface area contributed by atoms with Crippen molar-refractivity contribution in [2.45, 2.75) is 13.0 Å². The quantitative estimate of drug-likeness (QED) is 0.856. The predicted molar refractivity (Wildman–Crippen MR) is 65.0 cm³/mol. The second kappa shape index (κ2) is 4.87. The van der Waals surface area contributed by atoms with E-state index in [2.05, 4.69) is 15.4 Å². The zero-order valence-electron chi connectivity index (χ0n) is 10.2. The number of carbonyl (C=O) groups excluding carboxylic acids is 1. The highest BCUT2D eigenvalue weighted by atomic mass is 16.3. The number of aromatic amines is 1. The van der Waals surface area contributed by atoms with Crippen LogP contribution in [0, 0.1) is 0 Å². The fourth-order valence-corrected chi connectivity index (χ4v) is 1.64. The van der Waals surface area contributed by atoms with E-state index in [1.807, 2.05) is 6.92 Å². The van der Waals surface area contributed by atoms with E-state index in [9.17, 15) is 9.90 Å². The van der Waals surface area contributed by atoms with Gasteiger partial charge in [0.1, 0.15) is 5.75 Å². The first kappa shape index (κ1) is 12.1. The Bertz CT molecular complexity index is 522. The minimum atomic E-state index is -0.204. The first-order valence-corrected chi connectivity index (χ1v) is 5.51. The Balaban J connectivity index is 2.16. The maximum Gasteiger partial charge on any atom is 0.276 e. The van der Waals surface area contributed by atoms with Gasteiger partial charge >= 0.3 is 0 Å². The molecule has 0 aliphatic carbocycles. The van der Waals surface area contributed by atoms with Crippen molar-refractivity contribution >= 4 is 5.91 Å². The molecule has 2 aromatic rings. The van der Waals surface area contributed by atoms with Crippen molar-refractivity contribution in [1.29, 1.82) is 0 Å². The van der Waals surface area contributed by atoms with Gasteiger partial charge < -0.3 is 10.0 Å².